The molecule has 2 aliphatic rings. The number of rotatable bonds is 4. The number of benzene rings is 2. The third-order valence-electron chi connectivity index (χ3n) is 5.22. The third kappa shape index (κ3) is 3.78. The van der Waals surface area contributed by atoms with E-state index in [9.17, 15) is 18.0 Å². The summed E-state index contributed by atoms with van der Waals surface area (Å²) >= 11 is 0. The molecule has 9 heteroatoms. The first-order chi connectivity index (χ1) is 14.2. The summed E-state index contributed by atoms with van der Waals surface area (Å²) in [6, 6.07) is 10.9. The van der Waals surface area contributed by atoms with Crippen molar-refractivity contribution >= 4 is 33.2 Å². The summed E-state index contributed by atoms with van der Waals surface area (Å²) in [5, 5.41) is 5.52. The molecule has 0 saturated carbocycles. The number of carbonyl (C=O) groups is 2. The van der Waals surface area contributed by atoms with Crippen molar-refractivity contribution in [2.75, 3.05) is 23.7 Å². The Balaban J connectivity index is 1.48. The number of hydrogen-bond acceptors (Lipinski definition) is 5. The molecule has 0 unspecified atom stereocenters. The SMILES string of the molecule is CC1(C)Oc2ccc(NC(=O)c3ccc(S(=O)(=O)N4CCCC4)cc3)cc2NC1=O. The highest BCUT2D eigenvalue weighted by Crippen LogP contribution is 2.35. The van der Waals surface area contributed by atoms with E-state index in [1.807, 2.05) is 0 Å². The van der Waals surface area contributed by atoms with Gasteiger partial charge in [0, 0.05) is 24.3 Å². The summed E-state index contributed by atoms with van der Waals surface area (Å²) < 4.78 is 32.3. The highest BCUT2D eigenvalue weighted by Gasteiger charge is 2.35. The summed E-state index contributed by atoms with van der Waals surface area (Å²) in [6.45, 7) is 4.41. The average Bonchev–Trinajstić information content (AvgIpc) is 3.25. The molecule has 8 nitrogen and oxygen atoms in total. The smallest absolute Gasteiger partial charge is 0.268 e. The number of hydrogen-bond donors (Lipinski definition) is 2. The van der Waals surface area contributed by atoms with Crippen LogP contribution in [0.2, 0.25) is 0 Å². The van der Waals surface area contributed by atoms with Crippen LogP contribution in [0, 0.1) is 0 Å². The van der Waals surface area contributed by atoms with Gasteiger partial charge in [-0.3, -0.25) is 9.59 Å². The predicted molar refractivity (Wildman–Crippen MR) is 112 cm³/mol. The van der Waals surface area contributed by atoms with E-state index in [1.165, 1.54) is 28.6 Å². The second kappa shape index (κ2) is 7.41. The van der Waals surface area contributed by atoms with Gasteiger partial charge in [0.05, 0.1) is 10.6 Å². The summed E-state index contributed by atoms with van der Waals surface area (Å²) in [5.41, 5.74) is 0.323. The van der Waals surface area contributed by atoms with Crippen LogP contribution in [0.3, 0.4) is 0 Å². The van der Waals surface area contributed by atoms with E-state index >= 15 is 0 Å². The van der Waals surface area contributed by atoms with E-state index in [1.54, 1.807) is 32.0 Å². The normalized spacial score (nSPS) is 18.3. The molecule has 2 aromatic rings. The highest BCUT2D eigenvalue weighted by molar-refractivity contribution is 7.89. The van der Waals surface area contributed by atoms with Crippen molar-refractivity contribution in [2.45, 2.75) is 37.2 Å². The van der Waals surface area contributed by atoms with Crippen LogP contribution in [0.25, 0.3) is 0 Å². The van der Waals surface area contributed by atoms with Crippen molar-refractivity contribution < 1.29 is 22.7 Å². The fourth-order valence-electron chi connectivity index (χ4n) is 3.45. The zero-order chi connectivity index (χ0) is 21.5. The van der Waals surface area contributed by atoms with Crippen molar-refractivity contribution in [2.24, 2.45) is 0 Å². The molecule has 0 aromatic heterocycles. The lowest BCUT2D eigenvalue weighted by Gasteiger charge is -2.31. The van der Waals surface area contributed by atoms with Crippen LogP contribution in [0.4, 0.5) is 11.4 Å². The molecule has 2 heterocycles. The molecule has 0 radical (unpaired) electrons. The number of amides is 2. The Morgan fingerprint density at radius 3 is 2.43 bits per heavy atom. The molecule has 1 saturated heterocycles. The molecule has 2 amide bonds. The van der Waals surface area contributed by atoms with E-state index in [-0.39, 0.29) is 16.7 Å². The van der Waals surface area contributed by atoms with Gasteiger partial charge < -0.3 is 15.4 Å². The van der Waals surface area contributed by atoms with Gasteiger partial charge in [-0.2, -0.15) is 4.31 Å². The maximum Gasteiger partial charge on any atom is 0.268 e. The topological polar surface area (TPSA) is 105 Å². The molecule has 0 aliphatic carbocycles. The van der Waals surface area contributed by atoms with E-state index in [0.29, 0.717) is 35.8 Å². The molecule has 0 bridgehead atoms. The third-order valence-corrected chi connectivity index (χ3v) is 7.13. The number of ether oxygens (including phenoxy) is 1. The van der Waals surface area contributed by atoms with Gasteiger partial charge in [-0.1, -0.05) is 0 Å². The minimum absolute atomic E-state index is 0.178. The lowest BCUT2D eigenvalue weighted by atomic mass is 10.1. The Labute approximate surface area is 175 Å². The lowest BCUT2D eigenvalue weighted by Crippen LogP contribution is -2.45. The van der Waals surface area contributed by atoms with Crippen LogP contribution in [0.1, 0.15) is 37.0 Å². The molecule has 158 valence electrons. The summed E-state index contributed by atoms with van der Waals surface area (Å²) in [6.07, 6.45) is 1.73. The van der Waals surface area contributed by atoms with Crippen LogP contribution in [-0.2, 0) is 14.8 Å². The quantitative estimate of drug-likeness (QED) is 0.778. The molecule has 2 aliphatic heterocycles. The first kappa shape index (κ1) is 20.4. The first-order valence-corrected chi connectivity index (χ1v) is 11.2. The molecule has 0 atom stereocenters. The zero-order valence-electron chi connectivity index (χ0n) is 16.8. The van der Waals surface area contributed by atoms with Gasteiger partial charge in [0.15, 0.2) is 5.60 Å². The second-order valence-electron chi connectivity index (χ2n) is 7.87. The molecule has 2 aromatic carbocycles. The van der Waals surface area contributed by atoms with Crippen molar-refractivity contribution in [3.63, 3.8) is 0 Å². The van der Waals surface area contributed by atoms with Crippen LogP contribution in [0.5, 0.6) is 5.75 Å². The average molecular weight is 429 g/mol. The van der Waals surface area contributed by atoms with Crippen LogP contribution >= 0.6 is 0 Å². The molecular weight excluding hydrogens is 406 g/mol. The Morgan fingerprint density at radius 1 is 1.10 bits per heavy atom. The first-order valence-electron chi connectivity index (χ1n) is 9.73. The van der Waals surface area contributed by atoms with E-state index in [4.69, 9.17) is 4.74 Å². The number of fused-ring (bicyclic) bond motifs is 1. The Hall–Kier alpha value is -2.91. The van der Waals surface area contributed by atoms with Gasteiger partial charge in [0.1, 0.15) is 5.75 Å². The van der Waals surface area contributed by atoms with Crippen LogP contribution in [-0.4, -0.2) is 43.2 Å². The molecule has 4 rings (SSSR count). The zero-order valence-corrected chi connectivity index (χ0v) is 17.6. The summed E-state index contributed by atoms with van der Waals surface area (Å²) in [5.74, 6) is -0.134. The van der Waals surface area contributed by atoms with Crippen molar-refractivity contribution in [3.05, 3.63) is 48.0 Å². The van der Waals surface area contributed by atoms with Crippen molar-refractivity contribution in [1.29, 1.82) is 0 Å². The number of carbonyl (C=O) groups excluding carboxylic acids is 2. The maximum absolute atomic E-state index is 12.6. The highest BCUT2D eigenvalue weighted by atomic mass is 32.2. The number of anilines is 2. The van der Waals surface area contributed by atoms with E-state index in [0.717, 1.165) is 12.8 Å². The van der Waals surface area contributed by atoms with E-state index < -0.39 is 15.6 Å². The minimum atomic E-state index is -3.52. The van der Waals surface area contributed by atoms with Gasteiger partial charge in [0.2, 0.25) is 10.0 Å². The van der Waals surface area contributed by atoms with Gasteiger partial charge in [-0.05, 0) is 69.2 Å². The number of sulfonamides is 1. The van der Waals surface area contributed by atoms with Crippen LogP contribution in [0.15, 0.2) is 47.4 Å². The monoisotopic (exact) mass is 429 g/mol. The van der Waals surface area contributed by atoms with E-state index in [2.05, 4.69) is 10.6 Å². The van der Waals surface area contributed by atoms with Gasteiger partial charge in [-0.15, -0.1) is 0 Å². The van der Waals surface area contributed by atoms with Crippen molar-refractivity contribution in [1.82, 2.24) is 4.31 Å². The van der Waals surface area contributed by atoms with Gasteiger partial charge >= 0.3 is 0 Å². The Morgan fingerprint density at radius 2 is 1.77 bits per heavy atom. The molecular formula is C21H23N3O5S. The lowest BCUT2D eigenvalue weighted by molar-refractivity contribution is -0.129. The van der Waals surface area contributed by atoms with Crippen molar-refractivity contribution in [3.8, 4) is 5.75 Å². The Bertz CT molecular complexity index is 1100. The molecule has 2 N–H and O–H groups in total. The van der Waals surface area contributed by atoms with Gasteiger partial charge in [0.25, 0.3) is 11.8 Å². The fourth-order valence-corrected chi connectivity index (χ4v) is 4.96. The molecule has 0 spiro atoms. The standard InChI is InChI=1S/C21H23N3O5S/c1-21(2)20(26)23-17-13-15(7-10-18(17)29-21)22-19(25)14-5-8-16(9-6-14)30(27,28)24-11-3-4-12-24/h5-10,13H,3-4,11-12H2,1-2H3,(H,22,25)(H,23,26). The number of nitrogens with one attached hydrogen (secondary N) is 2. The summed E-state index contributed by atoms with van der Waals surface area (Å²) in [4.78, 5) is 24.8. The predicted octanol–water partition coefficient (Wildman–Crippen LogP) is 2.83. The second-order valence-corrected chi connectivity index (χ2v) is 9.81. The maximum atomic E-state index is 12.6. The minimum Gasteiger partial charge on any atom is -0.476 e. The van der Waals surface area contributed by atoms with Crippen LogP contribution < -0.4 is 15.4 Å². The summed E-state index contributed by atoms with van der Waals surface area (Å²) in [7, 11) is -3.52. The fraction of sp³-hybridized carbons (Fsp3) is 0.333. The van der Waals surface area contributed by atoms with Gasteiger partial charge in [-0.25, -0.2) is 8.42 Å². The number of nitrogens with zero attached hydrogens (tertiary/aromatic N) is 1. The molecule has 30 heavy (non-hydrogen) atoms. The molecule has 1 fully saturated rings. The Kier molecular flexibility index (Phi) is 5.03. The largest absolute Gasteiger partial charge is 0.476 e.